The molecular weight excluding hydrogens is 443 g/mol. The zero-order valence-corrected chi connectivity index (χ0v) is 22.5. The van der Waals surface area contributed by atoms with Crippen molar-refractivity contribution >= 4 is 39.2 Å². The van der Waals surface area contributed by atoms with Gasteiger partial charge in [0.25, 0.3) is 0 Å². The lowest BCUT2D eigenvalue weighted by molar-refractivity contribution is 0.0565. The third-order valence-corrected chi connectivity index (χ3v) is 16.5. The van der Waals surface area contributed by atoms with Crippen molar-refractivity contribution in [2.24, 2.45) is 11.8 Å². The van der Waals surface area contributed by atoms with Crippen LogP contribution in [-0.2, 0) is 8.85 Å². The fourth-order valence-electron chi connectivity index (χ4n) is 2.05. The fourth-order valence-corrected chi connectivity index (χ4v) is 5.16. The molecule has 3 atom stereocenters. The van der Waals surface area contributed by atoms with Crippen LogP contribution in [0.1, 0.15) is 55.4 Å². The molecule has 5 heteroatoms. The maximum atomic E-state index is 6.84. The Morgan fingerprint density at radius 1 is 0.792 bits per heavy atom. The van der Waals surface area contributed by atoms with Crippen molar-refractivity contribution in [3.63, 3.8) is 0 Å². The van der Waals surface area contributed by atoms with Gasteiger partial charge in [0.1, 0.15) is 0 Å². The van der Waals surface area contributed by atoms with Crippen molar-refractivity contribution in [1.82, 2.24) is 0 Å². The van der Waals surface area contributed by atoms with E-state index in [9.17, 15) is 0 Å². The van der Waals surface area contributed by atoms with Crippen molar-refractivity contribution in [2.75, 3.05) is 11.0 Å². The lowest BCUT2D eigenvalue weighted by Gasteiger charge is -2.43. The highest BCUT2D eigenvalue weighted by Crippen LogP contribution is 2.40. The summed E-state index contributed by atoms with van der Waals surface area (Å²) >= 11 is 2.50. The number of rotatable bonds is 8. The van der Waals surface area contributed by atoms with Gasteiger partial charge in [-0.05, 0) is 42.2 Å². The average molecular weight is 487 g/mol. The normalized spacial score (nSPS) is 18.4. The predicted octanol–water partition coefficient (Wildman–Crippen LogP) is 7.11. The monoisotopic (exact) mass is 486 g/mol. The summed E-state index contributed by atoms with van der Waals surface area (Å²) in [5.41, 5.74) is 0. The van der Waals surface area contributed by atoms with Crippen molar-refractivity contribution in [3.8, 4) is 0 Å². The SMILES string of the molecule is C[C@@H](CI)[C@@H](O[Si](C)(C)C(C)(C)C)[C@@H](C)CO[Si](C)(C)C(C)(C)C. The van der Waals surface area contributed by atoms with Crippen LogP contribution in [0.2, 0.25) is 36.3 Å². The van der Waals surface area contributed by atoms with Gasteiger partial charge in [0, 0.05) is 17.0 Å². The van der Waals surface area contributed by atoms with Crippen LogP contribution >= 0.6 is 22.6 Å². The van der Waals surface area contributed by atoms with E-state index >= 15 is 0 Å². The molecular formula is C19H43IO2Si2. The third kappa shape index (κ3) is 7.01. The summed E-state index contributed by atoms with van der Waals surface area (Å²) in [6.45, 7) is 28.7. The summed E-state index contributed by atoms with van der Waals surface area (Å²) in [7, 11) is -3.47. The number of halogens is 1. The van der Waals surface area contributed by atoms with Gasteiger partial charge in [-0.1, -0.05) is 78.0 Å². The molecule has 0 aliphatic rings. The molecule has 0 aromatic rings. The summed E-state index contributed by atoms with van der Waals surface area (Å²) in [6.07, 6.45) is 0.285. The molecule has 0 aromatic heterocycles. The van der Waals surface area contributed by atoms with Crippen LogP contribution in [0.5, 0.6) is 0 Å². The van der Waals surface area contributed by atoms with Crippen LogP contribution < -0.4 is 0 Å². The summed E-state index contributed by atoms with van der Waals surface area (Å²) in [5.74, 6) is 0.982. The van der Waals surface area contributed by atoms with E-state index in [1.54, 1.807) is 0 Å². The molecule has 0 unspecified atom stereocenters. The van der Waals surface area contributed by atoms with E-state index in [0.717, 1.165) is 11.0 Å². The first-order valence-corrected chi connectivity index (χ1v) is 16.7. The maximum Gasteiger partial charge on any atom is 0.192 e. The zero-order valence-electron chi connectivity index (χ0n) is 18.3. The molecule has 0 bridgehead atoms. The number of hydrogen-bond donors (Lipinski definition) is 0. The second kappa shape index (κ2) is 8.85. The molecule has 0 saturated heterocycles. The molecule has 0 rings (SSSR count). The average Bonchev–Trinajstić information content (AvgIpc) is 2.38. The maximum absolute atomic E-state index is 6.84. The van der Waals surface area contributed by atoms with E-state index in [2.05, 4.69) is 104 Å². The Morgan fingerprint density at radius 2 is 1.21 bits per heavy atom. The van der Waals surface area contributed by atoms with Gasteiger partial charge in [0.2, 0.25) is 0 Å². The number of hydrogen-bond acceptors (Lipinski definition) is 2. The summed E-state index contributed by atoms with van der Waals surface area (Å²) in [6, 6.07) is 0. The standard InChI is InChI=1S/C19H43IO2Si2/c1-15(13-20)17(22-24(11,12)19(6,7)8)16(2)14-21-23(9,10)18(3,4)5/h15-17H,13-14H2,1-12H3/t15-,16-,17+/m0/s1. The van der Waals surface area contributed by atoms with E-state index in [4.69, 9.17) is 8.85 Å². The van der Waals surface area contributed by atoms with Crippen LogP contribution in [0.3, 0.4) is 0 Å². The van der Waals surface area contributed by atoms with Gasteiger partial charge in [-0.2, -0.15) is 0 Å². The van der Waals surface area contributed by atoms with E-state index in [-0.39, 0.29) is 16.2 Å². The summed E-state index contributed by atoms with van der Waals surface area (Å²) < 4.78 is 14.5. The molecule has 0 radical (unpaired) electrons. The largest absolute Gasteiger partial charge is 0.416 e. The molecule has 24 heavy (non-hydrogen) atoms. The first-order chi connectivity index (χ1) is 10.5. The van der Waals surface area contributed by atoms with E-state index in [1.165, 1.54) is 0 Å². The predicted molar refractivity (Wildman–Crippen MR) is 122 cm³/mol. The van der Waals surface area contributed by atoms with E-state index < -0.39 is 16.6 Å². The third-order valence-electron chi connectivity index (χ3n) is 6.12. The molecule has 0 fully saturated rings. The van der Waals surface area contributed by atoms with Gasteiger partial charge >= 0.3 is 0 Å². The first kappa shape index (κ1) is 25.1. The topological polar surface area (TPSA) is 18.5 Å². The second-order valence-electron chi connectivity index (χ2n) is 10.5. The fraction of sp³-hybridized carbons (Fsp3) is 1.00. The Balaban J connectivity index is 5.15. The van der Waals surface area contributed by atoms with Crippen LogP contribution in [0.15, 0.2) is 0 Å². The minimum absolute atomic E-state index is 0.246. The quantitative estimate of drug-likeness (QED) is 0.207. The highest BCUT2D eigenvalue weighted by Gasteiger charge is 2.42. The van der Waals surface area contributed by atoms with Gasteiger partial charge in [-0.25, -0.2) is 0 Å². The highest BCUT2D eigenvalue weighted by atomic mass is 127. The molecule has 0 aliphatic heterocycles. The van der Waals surface area contributed by atoms with Gasteiger partial charge in [0.05, 0.1) is 6.10 Å². The zero-order chi connectivity index (χ0) is 19.6. The van der Waals surface area contributed by atoms with Gasteiger partial charge in [-0.3, -0.25) is 0 Å². The Morgan fingerprint density at radius 3 is 1.54 bits per heavy atom. The van der Waals surface area contributed by atoms with E-state index in [0.29, 0.717) is 11.8 Å². The molecule has 146 valence electrons. The van der Waals surface area contributed by atoms with Crippen LogP contribution in [-0.4, -0.2) is 33.8 Å². The molecule has 0 N–H and O–H groups in total. The minimum atomic E-state index is -1.77. The van der Waals surface area contributed by atoms with Gasteiger partial charge < -0.3 is 8.85 Å². The minimum Gasteiger partial charge on any atom is -0.416 e. The first-order valence-electron chi connectivity index (χ1n) is 9.34. The Hall–Kier alpha value is 1.08. The van der Waals surface area contributed by atoms with Crippen LogP contribution in [0.4, 0.5) is 0 Å². The smallest absolute Gasteiger partial charge is 0.192 e. The van der Waals surface area contributed by atoms with Crippen LogP contribution in [0.25, 0.3) is 0 Å². The lowest BCUT2D eigenvalue weighted by atomic mass is 9.96. The van der Waals surface area contributed by atoms with Crippen molar-refractivity contribution in [1.29, 1.82) is 0 Å². The van der Waals surface area contributed by atoms with Crippen molar-refractivity contribution in [2.45, 2.75) is 97.8 Å². The summed E-state index contributed by atoms with van der Waals surface area (Å²) in [4.78, 5) is 0. The number of alkyl halides is 1. The molecule has 0 aliphatic carbocycles. The van der Waals surface area contributed by atoms with Crippen LogP contribution in [0, 0.1) is 11.8 Å². The molecule has 0 spiro atoms. The molecule has 2 nitrogen and oxygen atoms in total. The molecule has 0 aromatic carbocycles. The lowest BCUT2D eigenvalue weighted by Crippen LogP contribution is -2.49. The van der Waals surface area contributed by atoms with Gasteiger partial charge in [0.15, 0.2) is 16.6 Å². The second-order valence-corrected chi connectivity index (χ2v) is 21.0. The molecule has 0 heterocycles. The highest BCUT2D eigenvalue weighted by molar-refractivity contribution is 14.1. The molecule has 0 saturated carbocycles. The summed E-state index contributed by atoms with van der Waals surface area (Å²) in [5, 5.41) is 0.508. The molecule has 0 amide bonds. The van der Waals surface area contributed by atoms with Crippen molar-refractivity contribution < 1.29 is 8.85 Å². The van der Waals surface area contributed by atoms with Crippen molar-refractivity contribution in [3.05, 3.63) is 0 Å². The Labute approximate surface area is 168 Å². The van der Waals surface area contributed by atoms with Gasteiger partial charge in [-0.15, -0.1) is 0 Å². The Bertz CT molecular complexity index is 384. The van der Waals surface area contributed by atoms with E-state index in [1.807, 2.05) is 0 Å². The Kier molecular flexibility index (Phi) is 9.25.